The summed E-state index contributed by atoms with van der Waals surface area (Å²) in [6.45, 7) is 11.7. The first-order valence-corrected chi connectivity index (χ1v) is 12.1. The first-order chi connectivity index (χ1) is 16.7. The van der Waals surface area contributed by atoms with E-state index in [1.165, 1.54) is 5.56 Å². The van der Waals surface area contributed by atoms with Crippen molar-refractivity contribution in [3.63, 3.8) is 0 Å². The summed E-state index contributed by atoms with van der Waals surface area (Å²) >= 11 is 0. The van der Waals surface area contributed by atoms with Crippen LogP contribution in [0.2, 0.25) is 0 Å². The highest BCUT2D eigenvalue weighted by atomic mass is 16.5. The fourth-order valence-electron chi connectivity index (χ4n) is 4.39. The summed E-state index contributed by atoms with van der Waals surface area (Å²) in [5.41, 5.74) is 6.67. The van der Waals surface area contributed by atoms with E-state index in [1.54, 1.807) is 4.68 Å². The second kappa shape index (κ2) is 9.87. The Morgan fingerprint density at radius 1 is 0.914 bits per heavy atom. The molecule has 1 aromatic heterocycles. The molecular weight excluding hydrogens is 434 g/mol. The maximum atomic E-state index is 13.4. The lowest BCUT2D eigenvalue weighted by Crippen LogP contribution is -2.21. The van der Waals surface area contributed by atoms with Crippen molar-refractivity contribution in [1.82, 2.24) is 9.36 Å². The molecule has 0 atom stereocenters. The molecular formula is C30H35N3O2. The third kappa shape index (κ3) is 5.19. The van der Waals surface area contributed by atoms with Crippen molar-refractivity contribution in [2.24, 2.45) is 7.05 Å². The summed E-state index contributed by atoms with van der Waals surface area (Å²) < 4.78 is 10.0. The average molecular weight is 470 g/mol. The molecule has 4 aromatic rings. The quantitative estimate of drug-likeness (QED) is 0.346. The van der Waals surface area contributed by atoms with Crippen molar-refractivity contribution in [3.05, 3.63) is 111 Å². The number of nitrogens with one attached hydrogen (secondary N) is 1. The molecule has 0 fully saturated rings. The number of aryl methyl sites for hydroxylation is 1. The first-order valence-electron chi connectivity index (χ1n) is 12.1. The number of hydrogen-bond acceptors (Lipinski definition) is 3. The van der Waals surface area contributed by atoms with Gasteiger partial charge in [0.2, 0.25) is 0 Å². The van der Waals surface area contributed by atoms with Crippen LogP contribution in [0.1, 0.15) is 48.7 Å². The van der Waals surface area contributed by atoms with Gasteiger partial charge < -0.3 is 10.1 Å². The largest absolute Gasteiger partial charge is 0.488 e. The Kier molecular flexibility index (Phi) is 6.88. The highest BCUT2D eigenvalue weighted by molar-refractivity contribution is 5.53. The molecule has 0 bridgehead atoms. The Labute approximate surface area is 208 Å². The molecule has 5 heteroatoms. The van der Waals surface area contributed by atoms with Crippen LogP contribution in [0.4, 0.5) is 5.69 Å². The van der Waals surface area contributed by atoms with Gasteiger partial charge >= 0.3 is 0 Å². The van der Waals surface area contributed by atoms with Crippen molar-refractivity contribution in [2.45, 2.75) is 53.2 Å². The van der Waals surface area contributed by atoms with Gasteiger partial charge in [0.25, 0.3) is 5.56 Å². The Morgan fingerprint density at radius 3 is 2.17 bits per heavy atom. The minimum Gasteiger partial charge on any atom is -0.488 e. The molecule has 182 valence electrons. The Morgan fingerprint density at radius 2 is 1.54 bits per heavy atom. The molecule has 35 heavy (non-hydrogen) atoms. The number of anilines is 1. The minimum absolute atomic E-state index is 0.0633. The van der Waals surface area contributed by atoms with Crippen LogP contribution in [-0.2, 0) is 25.6 Å². The summed E-state index contributed by atoms with van der Waals surface area (Å²) in [5, 5.41) is 3.44. The zero-order chi connectivity index (χ0) is 25.2. The van der Waals surface area contributed by atoms with Gasteiger partial charge in [-0.3, -0.25) is 9.48 Å². The van der Waals surface area contributed by atoms with Crippen molar-refractivity contribution in [1.29, 1.82) is 0 Å². The zero-order valence-corrected chi connectivity index (χ0v) is 21.6. The van der Waals surface area contributed by atoms with E-state index >= 15 is 0 Å². The van der Waals surface area contributed by atoms with E-state index in [9.17, 15) is 4.79 Å². The molecule has 4 rings (SSSR count). The maximum Gasteiger partial charge on any atom is 0.295 e. The van der Waals surface area contributed by atoms with Gasteiger partial charge in [0.1, 0.15) is 18.0 Å². The topological polar surface area (TPSA) is 48.2 Å². The highest BCUT2D eigenvalue weighted by Gasteiger charge is 2.23. The maximum absolute atomic E-state index is 13.4. The summed E-state index contributed by atoms with van der Waals surface area (Å²) in [7, 11) is 1.91. The van der Waals surface area contributed by atoms with Crippen LogP contribution in [0.3, 0.4) is 0 Å². The number of rotatable bonds is 7. The predicted molar refractivity (Wildman–Crippen MR) is 144 cm³/mol. The van der Waals surface area contributed by atoms with Crippen LogP contribution >= 0.6 is 0 Å². The third-order valence-electron chi connectivity index (χ3n) is 6.35. The molecule has 0 unspecified atom stereocenters. The van der Waals surface area contributed by atoms with E-state index in [0.717, 1.165) is 33.8 Å². The number of hydrogen-bond donors (Lipinski definition) is 1. The molecule has 0 aliphatic carbocycles. The number of ether oxygens (including phenoxy) is 1. The van der Waals surface area contributed by atoms with Crippen molar-refractivity contribution in [2.75, 3.05) is 5.32 Å². The van der Waals surface area contributed by atoms with Crippen LogP contribution in [-0.4, -0.2) is 9.36 Å². The van der Waals surface area contributed by atoms with Crippen molar-refractivity contribution < 1.29 is 4.74 Å². The molecule has 3 aromatic carbocycles. The SMILES string of the molecule is Cc1cc(CNc2c(C)n(C)n(-c3ccccc3)c2=O)c(OCc2ccccc2)c(C(C)(C)C)c1. The van der Waals surface area contributed by atoms with Crippen LogP contribution < -0.4 is 15.6 Å². The van der Waals surface area contributed by atoms with Crippen LogP contribution in [0.15, 0.2) is 77.6 Å². The lowest BCUT2D eigenvalue weighted by Gasteiger charge is -2.26. The summed E-state index contributed by atoms with van der Waals surface area (Å²) in [6.07, 6.45) is 0. The molecule has 0 spiro atoms. The summed E-state index contributed by atoms with van der Waals surface area (Å²) in [6, 6.07) is 24.3. The predicted octanol–water partition coefficient (Wildman–Crippen LogP) is 6.28. The monoisotopic (exact) mass is 469 g/mol. The van der Waals surface area contributed by atoms with E-state index in [0.29, 0.717) is 18.8 Å². The van der Waals surface area contributed by atoms with Crippen LogP contribution in [0, 0.1) is 13.8 Å². The van der Waals surface area contributed by atoms with Gasteiger partial charge in [-0.1, -0.05) is 87.0 Å². The molecule has 0 radical (unpaired) electrons. The Bertz CT molecular complexity index is 1360. The van der Waals surface area contributed by atoms with E-state index in [2.05, 4.69) is 57.3 Å². The number of para-hydroxylation sites is 1. The van der Waals surface area contributed by atoms with Gasteiger partial charge in [0.05, 0.1) is 11.4 Å². The molecule has 0 aliphatic rings. The number of benzene rings is 3. The fourth-order valence-corrected chi connectivity index (χ4v) is 4.39. The van der Waals surface area contributed by atoms with E-state index < -0.39 is 0 Å². The van der Waals surface area contributed by atoms with Crippen LogP contribution in [0.5, 0.6) is 5.75 Å². The van der Waals surface area contributed by atoms with E-state index in [1.807, 2.05) is 67.2 Å². The second-order valence-corrected chi connectivity index (χ2v) is 10.1. The van der Waals surface area contributed by atoms with Gasteiger partial charge in [-0.15, -0.1) is 0 Å². The molecule has 5 nitrogen and oxygen atoms in total. The molecule has 0 saturated carbocycles. The third-order valence-corrected chi connectivity index (χ3v) is 6.35. The van der Waals surface area contributed by atoms with Gasteiger partial charge in [-0.25, -0.2) is 4.68 Å². The average Bonchev–Trinajstić information content (AvgIpc) is 3.04. The van der Waals surface area contributed by atoms with E-state index in [-0.39, 0.29) is 11.0 Å². The van der Waals surface area contributed by atoms with Crippen molar-refractivity contribution in [3.8, 4) is 11.4 Å². The van der Waals surface area contributed by atoms with Gasteiger partial charge in [0, 0.05) is 24.7 Å². The van der Waals surface area contributed by atoms with Gasteiger partial charge in [0.15, 0.2) is 0 Å². The normalized spacial score (nSPS) is 11.5. The second-order valence-electron chi connectivity index (χ2n) is 10.1. The highest BCUT2D eigenvalue weighted by Crippen LogP contribution is 2.36. The Balaban J connectivity index is 1.69. The standard InChI is InChI=1S/C30H35N3O2/c1-21-17-24(28(26(18-21)30(3,4)5)35-20-23-13-9-7-10-14-23)19-31-27-22(2)32(6)33(29(27)34)25-15-11-8-12-16-25/h7-18,31H,19-20H2,1-6H3. The minimum atomic E-state index is -0.0878. The first kappa shape index (κ1) is 24.4. The fraction of sp³-hybridized carbons (Fsp3) is 0.300. The molecule has 1 heterocycles. The smallest absolute Gasteiger partial charge is 0.295 e. The number of nitrogens with zero attached hydrogens (tertiary/aromatic N) is 2. The molecule has 0 amide bonds. The van der Waals surface area contributed by atoms with Crippen LogP contribution in [0.25, 0.3) is 5.69 Å². The van der Waals surface area contributed by atoms with E-state index in [4.69, 9.17) is 4.74 Å². The lowest BCUT2D eigenvalue weighted by molar-refractivity contribution is 0.294. The molecule has 0 aliphatic heterocycles. The Hall–Kier alpha value is -3.73. The lowest BCUT2D eigenvalue weighted by atomic mass is 9.84. The van der Waals surface area contributed by atoms with Gasteiger partial charge in [-0.05, 0) is 37.0 Å². The van der Waals surface area contributed by atoms with Gasteiger partial charge in [-0.2, -0.15) is 0 Å². The molecule has 0 saturated heterocycles. The molecule has 1 N–H and O–H groups in total. The summed E-state index contributed by atoms with van der Waals surface area (Å²) in [4.78, 5) is 13.4. The zero-order valence-electron chi connectivity index (χ0n) is 21.6. The summed E-state index contributed by atoms with van der Waals surface area (Å²) in [5.74, 6) is 0.886. The van der Waals surface area contributed by atoms with Crippen molar-refractivity contribution >= 4 is 5.69 Å². The number of aromatic nitrogens is 2.